The topological polar surface area (TPSA) is 71.3 Å². The molecule has 1 saturated carbocycles. The van der Waals surface area contributed by atoms with Gasteiger partial charge in [-0.25, -0.2) is 13.1 Å². The Labute approximate surface area is 131 Å². The predicted octanol–water partition coefficient (Wildman–Crippen LogP) is 2.18. The molecule has 1 heterocycles. The van der Waals surface area contributed by atoms with Crippen LogP contribution in [0.5, 0.6) is 0 Å². The van der Waals surface area contributed by atoms with Gasteiger partial charge in [-0.3, -0.25) is 0 Å². The van der Waals surface area contributed by atoms with Crippen molar-refractivity contribution in [3.05, 3.63) is 17.1 Å². The Morgan fingerprint density at radius 2 is 2.00 bits per heavy atom. The maximum absolute atomic E-state index is 12.7. The van der Waals surface area contributed by atoms with Crippen molar-refractivity contribution in [2.24, 2.45) is 0 Å². The van der Waals surface area contributed by atoms with Crippen LogP contribution in [0.4, 0.5) is 0 Å². The van der Waals surface area contributed by atoms with Crippen LogP contribution in [0.3, 0.4) is 0 Å². The van der Waals surface area contributed by atoms with E-state index in [0.29, 0.717) is 28.2 Å². The van der Waals surface area contributed by atoms with Gasteiger partial charge in [0.05, 0.1) is 0 Å². The molecule has 0 saturated heterocycles. The van der Waals surface area contributed by atoms with Gasteiger partial charge in [0.1, 0.15) is 16.4 Å². The van der Waals surface area contributed by atoms with Crippen molar-refractivity contribution in [2.75, 3.05) is 13.3 Å². The van der Waals surface area contributed by atoms with E-state index in [4.69, 9.17) is 4.42 Å². The third-order valence-electron chi connectivity index (χ3n) is 3.99. The standard InChI is InChI=1S/C14H24N2O3S2/c1-9-13(8-15-3)14(10(2)19-9)21(17,18)16-11-5-6-12(7-11)20-4/h11-12,15-16H,5-8H2,1-4H3. The fraction of sp³-hybridized carbons (Fsp3) is 0.714. The van der Waals surface area contributed by atoms with Gasteiger partial charge in [0, 0.05) is 23.4 Å². The predicted molar refractivity (Wildman–Crippen MR) is 86.2 cm³/mol. The quantitative estimate of drug-likeness (QED) is 0.835. The lowest BCUT2D eigenvalue weighted by molar-refractivity contribution is 0.492. The summed E-state index contributed by atoms with van der Waals surface area (Å²) in [5.74, 6) is 1.13. The molecule has 120 valence electrons. The number of nitrogens with one attached hydrogen (secondary N) is 2. The maximum atomic E-state index is 12.7. The van der Waals surface area contributed by atoms with Crippen molar-refractivity contribution in [1.29, 1.82) is 0 Å². The summed E-state index contributed by atoms with van der Waals surface area (Å²) in [6.07, 6.45) is 4.96. The number of rotatable bonds is 6. The SMILES string of the molecule is CNCc1c(C)oc(C)c1S(=O)(=O)NC1CCC(SC)C1. The monoisotopic (exact) mass is 332 g/mol. The number of sulfonamides is 1. The molecule has 1 aromatic rings. The summed E-state index contributed by atoms with van der Waals surface area (Å²) in [6.45, 7) is 4.00. The lowest BCUT2D eigenvalue weighted by Gasteiger charge is -2.14. The van der Waals surface area contributed by atoms with Crippen molar-refractivity contribution in [3.8, 4) is 0 Å². The first kappa shape index (κ1) is 16.9. The molecule has 0 radical (unpaired) electrons. The molecule has 2 atom stereocenters. The van der Waals surface area contributed by atoms with Crippen LogP contribution in [0.25, 0.3) is 0 Å². The molecule has 5 nitrogen and oxygen atoms in total. The van der Waals surface area contributed by atoms with Gasteiger partial charge < -0.3 is 9.73 Å². The van der Waals surface area contributed by atoms with Gasteiger partial charge in [-0.05, 0) is 46.4 Å². The zero-order chi connectivity index (χ0) is 15.6. The van der Waals surface area contributed by atoms with E-state index in [-0.39, 0.29) is 6.04 Å². The Morgan fingerprint density at radius 3 is 2.57 bits per heavy atom. The highest BCUT2D eigenvalue weighted by Gasteiger charge is 2.32. The number of thioether (sulfide) groups is 1. The normalized spacial score (nSPS) is 22.9. The highest BCUT2D eigenvalue weighted by atomic mass is 32.2. The zero-order valence-electron chi connectivity index (χ0n) is 13.0. The largest absolute Gasteiger partial charge is 0.465 e. The molecular weight excluding hydrogens is 308 g/mol. The number of hydrogen-bond donors (Lipinski definition) is 2. The van der Waals surface area contributed by atoms with Crippen molar-refractivity contribution in [1.82, 2.24) is 10.0 Å². The molecule has 0 bridgehead atoms. The molecular formula is C14H24N2O3S2. The average Bonchev–Trinajstić information content (AvgIpc) is 2.95. The van der Waals surface area contributed by atoms with Crippen LogP contribution in [0, 0.1) is 13.8 Å². The van der Waals surface area contributed by atoms with Gasteiger partial charge in [0.25, 0.3) is 0 Å². The molecule has 2 unspecified atom stereocenters. The first-order valence-electron chi connectivity index (χ1n) is 7.17. The molecule has 1 aromatic heterocycles. The smallest absolute Gasteiger partial charge is 0.244 e. The Hall–Kier alpha value is -0.500. The van der Waals surface area contributed by atoms with Crippen LogP contribution < -0.4 is 10.0 Å². The fourth-order valence-corrected chi connectivity index (χ4v) is 5.51. The van der Waals surface area contributed by atoms with Gasteiger partial charge >= 0.3 is 0 Å². The van der Waals surface area contributed by atoms with Gasteiger partial charge in [-0.15, -0.1) is 0 Å². The second kappa shape index (κ2) is 6.73. The lowest BCUT2D eigenvalue weighted by Crippen LogP contribution is -2.34. The summed E-state index contributed by atoms with van der Waals surface area (Å²) in [5.41, 5.74) is 0.724. The minimum atomic E-state index is -3.53. The summed E-state index contributed by atoms with van der Waals surface area (Å²) < 4.78 is 33.8. The third-order valence-corrected chi connectivity index (χ3v) is 6.80. The third kappa shape index (κ3) is 3.64. The van der Waals surface area contributed by atoms with Crippen molar-refractivity contribution in [2.45, 2.75) is 55.8 Å². The first-order chi connectivity index (χ1) is 9.89. The van der Waals surface area contributed by atoms with Crippen LogP contribution in [-0.4, -0.2) is 33.0 Å². The van der Waals surface area contributed by atoms with E-state index in [1.54, 1.807) is 20.9 Å². The molecule has 7 heteroatoms. The molecule has 1 aliphatic carbocycles. The lowest BCUT2D eigenvalue weighted by atomic mass is 10.2. The molecule has 1 fully saturated rings. The molecule has 1 aliphatic rings. The molecule has 0 aliphatic heterocycles. The Kier molecular flexibility index (Phi) is 5.40. The summed E-state index contributed by atoms with van der Waals surface area (Å²) in [5, 5.41) is 3.56. The van der Waals surface area contributed by atoms with E-state index in [9.17, 15) is 8.42 Å². The summed E-state index contributed by atoms with van der Waals surface area (Å²) in [4.78, 5) is 0.307. The van der Waals surface area contributed by atoms with E-state index < -0.39 is 10.0 Å². The van der Waals surface area contributed by atoms with Crippen molar-refractivity contribution in [3.63, 3.8) is 0 Å². The van der Waals surface area contributed by atoms with E-state index in [1.807, 2.05) is 11.8 Å². The molecule has 0 amide bonds. The van der Waals surface area contributed by atoms with E-state index in [0.717, 1.165) is 24.8 Å². The Bertz CT molecular complexity index is 596. The van der Waals surface area contributed by atoms with Gasteiger partial charge in [0.15, 0.2) is 0 Å². The van der Waals surface area contributed by atoms with Crippen LogP contribution >= 0.6 is 11.8 Å². The first-order valence-corrected chi connectivity index (χ1v) is 9.94. The second-order valence-corrected chi connectivity index (χ2v) is 8.33. The molecule has 0 spiro atoms. The van der Waals surface area contributed by atoms with Crippen LogP contribution in [0.1, 0.15) is 36.3 Å². The van der Waals surface area contributed by atoms with Crippen molar-refractivity contribution >= 4 is 21.8 Å². The number of furan rings is 1. The maximum Gasteiger partial charge on any atom is 0.244 e. The minimum absolute atomic E-state index is 0.0319. The molecule has 2 N–H and O–H groups in total. The summed E-state index contributed by atoms with van der Waals surface area (Å²) >= 11 is 1.81. The van der Waals surface area contributed by atoms with E-state index in [2.05, 4.69) is 16.3 Å². The minimum Gasteiger partial charge on any atom is -0.465 e. The van der Waals surface area contributed by atoms with Gasteiger partial charge in [0.2, 0.25) is 10.0 Å². The number of aryl methyl sites for hydroxylation is 2. The highest BCUT2D eigenvalue weighted by Crippen LogP contribution is 2.31. The second-order valence-electron chi connectivity index (χ2n) is 5.54. The van der Waals surface area contributed by atoms with Crippen LogP contribution in [0.2, 0.25) is 0 Å². The van der Waals surface area contributed by atoms with Gasteiger partial charge in [-0.1, -0.05) is 0 Å². The van der Waals surface area contributed by atoms with E-state index in [1.165, 1.54) is 0 Å². The summed E-state index contributed by atoms with van der Waals surface area (Å²) in [7, 11) is -1.73. The average molecular weight is 332 g/mol. The molecule has 2 rings (SSSR count). The zero-order valence-corrected chi connectivity index (χ0v) is 14.7. The highest BCUT2D eigenvalue weighted by molar-refractivity contribution is 7.99. The van der Waals surface area contributed by atoms with Crippen molar-refractivity contribution < 1.29 is 12.8 Å². The molecule has 0 aromatic carbocycles. The summed E-state index contributed by atoms with van der Waals surface area (Å²) in [6, 6.07) is 0.0319. The van der Waals surface area contributed by atoms with Crippen LogP contribution in [0.15, 0.2) is 9.31 Å². The number of hydrogen-bond acceptors (Lipinski definition) is 5. The van der Waals surface area contributed by atoms with Crippen LogP contribution in [-0.2, 0) is 16.6 Å². The molecule has 21 heavy (non-hydrogen) atoms. The Balaban J connectivity index is 2.24. The van der Waals surface area contributed by atoms with E-state index >= 15 is 0 Å². The van der Waals surface area contributed by atoms with Gasteiger partial charge in [-0.2, -0.15) is 11.8 Å². The fourth-order valence-electron chi connectivity index (χ4n) is 2.98. The Morgan fingerprint density at radius 1 is 1.29 bits per heavy atom.